The highest BCUT2D eigenvalue weighted by Gasteiger charge is 2.32. The van der Waals surface area contributed by atoms with Crippen LogP contribution in [0.25, 0.3) is 0 Å². The summed E-state index contributed by atoms with van der Waals surface area (Å²) in [6.07, 6.45) is 4.99. The van der Waals surface area contributed by atoms with Gasteiger partial charge in [-0.05, 0) is 36.2 Å². The lowest BCUT2D eigenvalue weighted by Crippen LogP contribution is -2.38. The van der Waals surface area contributed by atoms with Gasteiger partial charge in [0.25, 0.3) is 5.91 Å². The van der Waals surface area contributed by atoms with E-state index in [1.165, 1.54) is 0 Å². The van der Waals surface area contributed by atoms with Crippen LogP contribution >= 0.6 is 0 Å². The second kappa shape index (κ2) is 6.05. The average molecular weight is 334 g/mol. The van der Waals surface area contributed by atoms with Crippen molar-refractivity contribution in [3.05, 3.63) is 77.1 Å². The molecule has 2 N–H and O–H groups in total. The Morgan fingerprint density at radius 3 is 3.00 bits per heavy atom. The molecule has 0 spiro atoms. The first-order chi connectivity index (χ1) is 12.1. The van der Waals surface area contributed by atoms with E-state index in [1.807, 2.05) is 25.1 Å². The summed E-state index contributed by atoms with van der Waals surface area (Å²) in [6.45, 7) is 2.91. The molecule has 0 bridgehead atoms. The summed E-state index contributed by atoms with van der Waals surface area (Å²) in [5, 5.41) is 9.81. The van der Waals surface area contributed by atoms with Crippen molar-refractivity contribution in [1.82, 2.24) is 19.9 Å². The number of aromatic hydroxyl groups is 1. The van der Waals surface area contributed by atoms with Crippen LogP contribution in [0.2, 0.25) is 0 Å². The molecule has 4 rings (SSSR count). The minimum Gasteiger partial charge on any atom is -0.508 e. The molecular formula is C19H18N4O2. The van der Waals surface area contributed by atoms with E-state index in [1.54, 1.807) is 35.8 Å². The maximum atomic E-state index is 12.9. The molecule has 6 nitrogen and oxygen atoms in total. The fourth-order valence-corrected chi connectivity index (χ4v) is 3.33. The number of nitrogens with one attached hydrogen (secondary N) is 1. The molecular weight excluding hydrogens is 316 g/mol. The number of carbonyl (C=O) groups excluding carboxylic acids is 1. The summed E-state index contributed by atoms with van der Waals surface area (Å²) >= 11 is 0. The molecule has 1 aromatic carbocycles. The van der Waals surface area contributed by atoms with E-state index in [0.717, 1.165) is 22.5 Å². The summed E-state index contributed by atoms with van der Waals surface area (Å²) in [6, 6.07) is 8.97. The van der Waals surface area contributed by atoms with E-state index in [2.05, 4.69) is 15.0 Å². The van der Waals surface area contributed by atoms with Crippen LogP contribution in [0.4, 0.5) is 0 Å². The second-order valence-electron chi connectivity index (χ2n) is 6.35. The maximum absolute atomic E-state index is 12.9. The van der Waals surface area contributed by atoms with E-state index < -0.39 is 0 Å². The summed E-state index contributed by atoms with van der Waals surface area (Å²) in [4.78, 5) is 26.4. The zero-order valence-electron chi connectivity index (χ0n) is 13.8. The highest BCUT2D eigenvalue weighted by atomic mass is 16.3. The fourth-order valence-electron chi connectivity index (χ4n) is 3.33. The molecule has 1 atom stereocenters. The predicted molar refractivity (Wildman–Crippen MR) is 92.3 cm³/mol. The molecule has 3 aromatic rings. The van der Waals surface area contributed by atoms with Gasteiger partial charge in [0.1, 0.15) is 5.75 Å². The van der Waals surface area contributed by atoms with Crippen LogP contribution in [0, 0.1) is 6.92 Å². The van der Waals surface area contributed by atoms with Gasteiger partial charge in [0, 0.05) is 24.9 Å². The number of H-pyrrole nitrogens is 1. The number of phenolic OH excluding ortho intramolecular Hbond substituents is 1. The van der Waals surface area contributed by atoms with Crippen molar-refractivity contribution < 1.29 is 9.90 Å². The molecule has 0 radical (unpaired) electrons. The number of pyridine rings is 1. The van der Waals surface area contributed by atoms with Gasteiger partial charge < -0.3 is 15.0 Å². The summed E-state index contributed by atoms with van der Waals surface area (Å²) in [5.41, 5.74) is 4.33. The molecule has 0 aliphatic carbocycles. The van der Waals surface area contributed by atoms with Gasteiger partial charge in [0.15, 0.2) is 0 Å². The predicted octanol–water partition coefficient (Wildman–Crippen LogP) is 2.61. The standard InChI is InChI=1S/C19H18N4O2/c1-12-5-14(8-20-7-12)19(25)23-9-16(13-3-2-4-15(24)6-13)18-17(10-23)21-11-22-18/h2-8,11,16,24H,9-10H2,1H3,(H,21,22). The number of carbonyl (C=O) groups is 1. The van der Waals surface area contributed by atoms with Gasteiger partial charge >= 0.3 is 0 Å². The number of rotatable bonds is 2. The van der Waals surface area contributed by atoms with Crippen molar-refractivity contribution in [3.8, 4) is 5.75 Å². The van der Waals surface area contributed by atoms with Crippen molar-refractivity contribution in [3.63, 3.8) is 0 Å². The van der Waals surface area contributed by atoms with E-state index in [4.69, 9.17) is 0 Å². The molecule has 2 aromatic heterocycles. The normalized spacial score (nSPS) is 16.5. The number of hydrogen-bond donors (Lipinski definition) is 2. The summed E-state index contributed by atoms with van der Waals surface area (Å²) in [7, 11) is 0. The monoisotopic (exact) mass is 334 g/mol. The molecule has 126 valence electrons. The Labute approximate surface area is 145 Å². The number of aryl methyl sites for hydroxylation is 1. The van der Waals surface area contributed by atoms with E-state index in [-0.39, 0.29) is 17.6 Å². The molecule has 1 unspecified atom stereocenters. The molecule has 0 fully saturated rings. The first-order valence-corrected chi connectivity index (χ1v) is 8.14. The first kappa shape index (κ1) is 15.4. The third-order valence-electron chi connectivity index (χ3n) is 4.52. The number of aromatic nitrogens is 3. The van der Waals surface area contributed by atoms with Gasteiger partial charge in [0.05, 0.1) is 29.8 Å². The summed E-state index contributed by atoms with van der Waals surface area (Å²) in [5.74, 6) is 0.0753. The topological polar surface area (TPSA) is 82.1 Å². The highest BCUT2D eigenvalue weighted by molar-refractivity contribution is 5.94. The minimum atomic E-state index is -0.0798. The Morgan fingerprint density at radius 2 is 2.20 bits per heavy atom. The maximum Gasteiger partial charge on any atom is 0.255 e. The second-order valence-corrected chi connectivity index (χ2v) is 6.35. The van der Waals surface area contributed by atoms with Crippen LogP contribution in [0.15, 0.2) is 49.1 Å². The lowest BCUT2D eigenvalue weighted by atomic mass is 9.90. The number of imidazole rings is 1. The molecule has 1 amide bonds. The SMILES string of the molecule is Cc1cncc(C(=O)N2Cc3[nH]cnc3C(c3cccc(O)c3)C2)c1. The van der Waals surface area contributed by atoms with Gasteiger partial charge in [-0.15, -0.1) is 0 Å². The van der Waals surface area contributed by atoms with Crippen LogP contribution < -0.4 is 0 Å². The van der Waals surface area contributed by atoms with E-state index in [0.29, 0.717) is 18.7 Å². The van der Waals surface area contributed by atoms with Crippen LogP contribution in [-0.4, -0.2) is 37.4 Å². The Morgan fingerprint density at radius 1 is 1.32 bits per heavy atom. The zero-order chi connectivity index (χ0) is 17.4. The zero-order valence-corrected chi connectivity index (χ0v) is 13.8. The number of benzene rings is 1. The lowest BCUT2D eigenvalue weighted by molar-refractivity contribution is 0.0721. The van der Waals surface area contributed by atoms with Crippen molar-refractivity contribution >= 4 is 5.91 Å². The molecule has 1 aliphatic rings. The summed E-state index contributed by atoms with van der Waals surface area (Å²) < 4.78 is 0. The van der Waals surface area contributed by atoms with Gasteiger partial charge in [-0.25, -0.2) is 4.98 Å². The number of hydrogen-bond acceptors (Lipinski definition) is 4. The van der Waals surface area contributed by atoms with Crippen molar-refractivity contribution in [2.45, 2.75) is 19.4 Å². The van der Waals surface area contributed by atoms with E-state index >= 15 is 0 Å². The number of nitrogens with zero attached hydrogens (tertiary/aromatic N) is 3. The molecule has 0 saturated heterocycles. The van der Waals surface area contributed by atoms with Gasteiger partial charge in [-0.3, -0.25) is 9.78 Å². The molecule has 6 heteroatoms. The third kappa shape index (κ3) is 2.87. The van der Waals surface area contributed by atoms with Crippen LogP contribution in [-0.2, 0) is 6.54 Å². The van der Waals surface area contributed by atoms with Gasteiger partial charge in [0.2, 0.25) is 0 Å². The van der Waals surface area contributed by atoms with Crippen LogP contribution in [0.5, 0.6) is 5.75 Å². The van der Waals surface area contributed by atoms with Gasteiger partial charge in [-0.1, -0.05) is 12.1 Å². The molecule has 1 aliphatic heterocycles. The van der Waals surface area contributed by atoms with Crippen LogP contribution in [0.1, 0.15) is 38.8 Å². The number of amides is 1. The third-order valence-corrected chi connectivity index (χ3v) is 4.52. The average Bonchev–Trinajstić information content (AvgIpc) is 3.09. The first-order valence-electron chi connectivity index (χ1n) is 8.14. The Kier molecular flexibility index (Phi) is 3.72. The van der Waals surface area contributed by atoms with Crippen molar-refractivity contribution in [2.24, 2.45) is 0 Å². The quantitative estimate of drug-likeness (QED) is 0.755. The largest absolute Gasteiger partial charge is 0.508 e. The fraction of sp³-hybridized carbons (Fsp3) is 0.211. The number of phenols is 1. The Bertz CT molecular complexity index is 934. The molecule has 3 heterocycles. The van der Waals surface area contributed by atoms with E-state index in [9.17, 15) is 9.90 Å². The lowest BCUT2D eigenvalue weighted by Gasteiger charge is -2.32. The Balaban J connectivity index is 1.70. The molecule has 25 heavy (non-hydrogen) atoms. The Hall–Kier alpha value is -3.15. The highest BCUT2D eigenvalue weighted by Crippen LogP contribution is 2.33. The van der Waals surface area contributed by atoms with Crippen molar-refractivity contribution in [2.75, 3.05) is 6.54 Å². The van der Waals surface area contributed by atoms with Gasteiger partial charge in [-0.2, -0.15) is 0 Å². The number of fused-ring (bicyclic) bond motifs is 1. The number of aromatic amines is 1. The van der Waals surface area contributed by atoms with Crippen molar-refractivity contribution in [1.29, 1.82) is 0 Å². The van der Waals surface area contributed by atoms with Crippen LogP contribution in [0.3, 0.4) is 0 Å². The minimum absolute atomic E-state index is 0.0541. The smallest absolute Gasteiger partial charge is 0.255 e. The molecule has 0 saturated carbocycles.